The zero-order chi connectivity index (χ0) is 27.0. The molecule has 0 saturated carbocycles. The Morgan fingerprint density at radius 1 is 0.676 bits per heavy atom. The number of ether oxygens (including phenoxy) is 3. The van der Waals surface area contributed by atoms with Crippen molar-refractivity contribution in [3.63, 3.8) is 0 Å². The maximum absolute atomic E-state index is 5.87. The van der Waals surface area contributed by atoms with Gasteiger partial charge in [-0.15, -0.1) is 0 Å². The van der Waals surface area contributed by atoms with E-state index in [-0.39, 0.29) is 5.41 Å². The maximum atomic E-state index is 5.87. The van der Waals surface area contributed by atoms with E-state index in [1.165, 1.54) is 36.8 Å². The van der Waals surface area contributed by atoms with Crippen LogP contribution >= 0.6 is 15.9 Å². The first-order chi connectivity index (χ1) is 17.7. The van der Waals surface area contributed by atoms with Crippen molar-refractivity contribution in [2.45, 2.75) is 85.1 Å². The highest BCUT2D eigenvalue weighted by molar-refractivity contribution is 9.09. The standard InChI is InChI=1S/C32H50BrNO3/c1-31(2,3)26-32(4,5)28-13-17-30(18-14-28)37-24-23-35-22-20-34-25-27-11-15-29(16-12-27)36-21-10-8-6-7-9-19-33/h11-18,34H,6-10,19-26H2,1-5H3/p+1. The van der Waals surface area contributed by atoms with Gasteiger partial charge in [-0.2, -0.15) is 0 Å². The van der Waals surface area contributed by atoms with E-state index in [0.717, 1.165) is 56.0 Å². The van der Waals surface area contributed by atoms with Gasteiger partial charge in [0.05, 0.1) is 26.4 Å². The molecule has 4 nitrogen and oxygen atoms in total. The molecule has 0 bridgehead atoms. The molecule has 5 heteroatoms. The Hall–Kier alpha value is -1.56. The van der Waals surface area contributed by atoms with E-state index in [0.29, 0.717) is 18.6 Å². The van der Waals surface area contributed by atoms with Crippen LogP contribution in [-0.4, -0.2) is 38.3 Å². The van der Waals surface area contributed by atoms with Crippen molar-refractivity contribution < 1.29 is 19.5 Å². The Morgan fingerprint density at radius 3 is 1.92 bits per heavy atom. The predicted octanol–water partition coefficient (Wildman–Crippen LogP) is 7.28. The van der Waals surface area contributed by atoms with Crippen LogP contribution in [0.3, 0.4) is 0 Å². The van der Waals surface area contributed by atoms with Crippen molar-refractivity contribution >= 4 is 15.9 Å². The lowest BCUT2D eigenvalue weighted by molar-refractivity contribution is -0.672. The molecule has 0 heterocycles. The Balaban J connectivity index is 1.51. The molecule has 2 aromatic rings. The molecule has 0 spiro atoms. The van der Waals surface area contributed by atoms with E-state index in [4.69, 9.17) is 14.2 Å². The number of hydrogen-bond acceptors (Lipinski definition) is 3. The van der Waals surface area contributed by atoms with Crippen LogP contribution in [0.5, 0.6) is 11.5 Å². The Kier molecular flexibility index (Phi) is 14.6. The molecule has 0 amide bonds. The van der Waals surface area contributed by atoms with Crippen LogP contribution in [0.2, 0.25) is 0 Å². The van der Waals surface area contributed by atoms with E-state index in [1.807, 2.05) is 0 Å². The molecule has 0 fully saturated rings. The van der Waals surface area contributed by atoms with E-state index >= 15 is 0 Å². The minimum atomic E-state index is 0.151. The van der Waals surface area contributed by atoms with Crippen LogP contribution in [-0.2, 0) is 16.7 Å². The van der Waals surface area contributed by atoms with Gasteiger partial charge in [0.1, 0.15) is 24.7 Å². The summed E-state index contributed by atoms with van der Waals surface area (Å²) in [5, 5.41) is 3.39. The Bertz CT molecular complexity index is 844. The third kappa shape index (κ3) is 14.2. The molecule has 0 aliphatic carbocycles. The molecule has 0 aliphatic rings. The third-order valence-electron chi connectivity index (χ3n) is 6.42. The number of benzene rings is 2. The van der Waals surface area contributed by atoms with E-state index in [2.05, 4.69) is 104 Å². The van der Waals surface area contributed by atoms with Crippen molar-refractivity contribution in [1.29, 1.82) is 0 Å². The highest BCUT2D eigenvalue weighted by Gasteiger charge is 2.27. The second kappa shape index (κ2) is 17.1. The van der Waals surface area contributed by atoms with Gasteiger partial charge in [-0.3, -0.25) is 0 Å². The Morgan fingerprint density at radius 2 is 1.27 bits per heavy atom. The number of unbranched alkanes of at least 4 members (excludes halogenated alkanes) is 4. The topological polar surface area (TPSA) is 44.3 Å². The number of rotatable bonds is 19. The summed E-state index contributed by atoms with van der Waals surface area (Å²) >= 11 is 3.48. The molecule has 0 atom stereocenters. The molecule has 37 heavy (non-hydrogen) atoms. The molecule has 0 aromatic heterocycles. The average molecular weight is 578 g/mol. The van der Waals surface area contributed by atoms with Crippen LogP contribution < -0.4 is 14.8 Å². The molecule has 208 valence electrons. The largest absolute Gasteiger partial charge is 0.494 e. The molecular weight excluding hydrogens is 526 g/mol. The van der Waals surface area contributed by atoms with Crippen LogP contribution in [0, 0.1) is 5.41 Å². The lowest BCUT2D eigenvalue weighted by Crippen LogP contribution is -2.83. The number of nitrogens with two attached hydrogens (primary N) is 1. The molecule has 0 unspecified atom stereocenters. The van der Waals surface area contributed by atoms with Gasteiger partial charge in [0.15, 0.2) is 0 Å². The van der Waals surface area contributed by atoms with Crippen molar-refractivity contribution in [3.05, 3.63) is 59.7 Å². The van der Waals surface area contributed by atoms with Crippen LogP contribution in [0.15, 0.2) is 48.5 Å². The number of hydrogen-bond donors (Lipinski definition) is 1. The van der Waals surface area contributed by atoms with Gasteiger partial charge in [-0.05, 0) is 72.1 Å². The highest BCUT2D eigenvalue weighted by Crippen LogP contribution is 2.36. The molecule has 2 aromatic carbocycles. The number of alkyl halides is 1. The van der Waals surface area contributed by atoms with Crippen molar-refractivity contribution in [3.8, 4) is 11.5 Å². The van der Waals surface area contributed by atoms with Crippen LogP contribution in [0.25, 0.3) is 0 Å². The van der Waals surface area contributed by atoms with E-state index < -0.39 is 0 Å². The minimum Gasteiger partial charge on any atom is -0.494 e. The summed E-state index contributed by atoms with van der Waals surface area (Å²) in [6, 6.07) is 17.0. The average Bonchev–Trinajstić information content (AvgIpc) is 2.85. The first-order valence-electron chi connectivity index (χ1n) is 14.1. The second-order valence-corrected chi connectivity index (χ2v) is 12.6. The van der Waals surface area contributed by atoms with Crippen LogP contribution in [0.1, 0.15) is 84.3 Å². The van der Waals surface area contributed by atoms with Gasteiger partial charge < -0.3 is 19.5 Å². The summed E-state index contributed by atoms with van der Waals surface area (Å²) < 4.78 is 17.5. The van der Waals surface area contributed by atoms with Gasteiger partial charge in [0.25, 0.3) is 0 Å². The van der Waals surface area contributed by atoms with E-state index in [9.17, 15) is 0 Å². The maximum Gasteiger partial charge on any atom is 0.119 e. The first kappa shape index (κ1) is 31.7. The van der Waals surface area contributed by atoms with Crippen molar-refractivity contribution in [2.75, 3.05) is 38.3 Å². The molecule has 0 aliphatic heterocycles. The van der Waals surface area contributed by atoms with Gasteiger partial charge in [0, 0.05) is 10.9 Å². The summed E-state index contributed by atoms with van der Waals surface area (Å²) in [7, 11) is 0. The normalized spacial score (nSPS) is 12.1. The second-order valence-electron chi connectivity index (χ2n) is 11.8. The third-order valence-corrected chi connectivity index (χ3v) is 6.98. The van der Waals surface area contributed by atoms with E-state index in [1.54, 1.807) is 0 Å². The zero-order valence-electron chi connectivity index (χ0n) is 24.0. The minimum absolute atomic E-state index is 0.151. The summed E-state index contributed by atoms with van der Waals surface area (Å²) in [6.07, 6.45) is 7.39. The molecule has 2 N–H and O–H groups in total. The SMILES string of the molecule is CC(C)(C)CC(C)(C)c1ccc(OCCOCC[NH2+]Cc2ccc(OCCCCCCCBr)cc2)cc1. The fourth-order valence-corrected chi connectivity index (χ4v) is 5.22. The molecule has 0 saturated heterocycles. The first-order valence-corrected chi connectivity index (χ1v) is 15.2. The zero-order valence-corrected chi connectivity index (χ0v) is 25.6. The quantitative estimate of drug-likeness (QED) is 0.141. The summed E-state index contributed by atoms with van der Waals surface area (Å²) in [4.78, 5) is 0. The molecule has 2 rings (SSSR count). The summed E-state index contributed by atoms with van der Waals surface area (Å²) in [5.41, 5.74) is 3.12. The number of quaternary nitrogens is 1. The summed E-state index contributed by atoms with van der Waals surface area (Å²) in [5.74, 6) is 1.87. The van der Waals surface area contributed by atoms with Crippen LogP contribution in [0.4, 0.5) is 0 Å². The fourth-order valence-electron chi connectivity index (χ4n) is 4.82. The van der Waals surface area contributed by atoms with Gasteiger partial charge in [-0.1, -0.05) is 81.9 Å². The van der Waals surface area contributed by atoms with Crippen molar-refractivity contribution in [2.24, 2.45) is 5.41 Å². The highest BCUT2D eigenvalue weighted by atomic mass is 79.9. The van der Waals surface area contributed by atoms with Crippen molar-refractivity contribution in [1.82, 2.24) is 0 Å². The van der Waals surface area contributed by atoms with Gasteiger partial charge in [-0.25, -0.2) is 0 Å². The molecule has 0 radical (unpaired) electrons. The Labute approximate surface area is 235 Å². The smallest absolute Gasteiger partial charge is 0.119 e. The fraction of sp³-hybridized carbons (Fsp3) is 0.625. The lowest BCUT2D eigenvalue weighted by atomic mass is 9.72. The number of halogens is 1. The van der Waals surface area contributed by atoms with Gasteiger partial charge >= 0.3 is 0 Å². The lowest BCUT2D eigenvalue weighted by Gasteiger charge is -2.33. The predicted molar refractivity (Wildman–Crippen MR) is 159 cm³/mol. The summed E-state index contributed by atoms with van der Waals surface area (Å²) in [6.45, 7) is 16.1. The monoisotopic (exact) mass is 576 g/mol. The van der Waals surface area contributed by atoms with Gasteiger partial charge in [0.2, 0.25) is 0 Å². The molecular formula is C32H51BrNO3+.